The number of hydrogen-bond donors (Lipinski definition) is 1. The lowest BCUT2D eigenvalue weighted by Gasteiger charge is -2.30. The zero-order valence-electron chi connectivity index (χ0n) is 10.3. The predicted octanol–water partition coefficient (Wildman–Crippen LogP) is 1.87. The minimum absolute atomic E-state index is 0.0936. The number of para-hydroxylation sites is 2. The SMILES string of the molecule is CC(C)OCCN1C(=O)CNc2ccccc21. The molecule has 0 saturated heterocycles. The maximum Gasteiger partial charge on any atom is 0.246 e. The highest BCUT2D eigenvalue weighted by Crippen LogP contribution is 2.28. The maximum atomic E-state index is 11.8. The number of carbonyl (C=O) groups is 1. The zero-order chi connectivity index (χ0) is 12.3. The van der Waals surface area contributed by atoms with Crippen molar-refractivity contribution >= 4 is 17.3 Å². The van der Waals surface area contributed by atoms with E-state index in [2.05, 4.69) is 5.32 Å². The number of anilines is 2. The van der Waals surface area contributed by atoms with Gasteiger partial charge in [-0.05, 0) is 26.0 Å². The molecule has 0 saturated carbocycles. The van der Waals surface area contributed by atoms with E-state index in [0.717, 1.165) is 11.4 Å². The second kappa shape index (κ2) is 5.19. The molecule has 1 aromatic rings. The van der Waals surface area contributed by atoms with Crippen LogP contribution in [0.3, 0.4) is 0 Å². The van der Waals surface area contributed by atoms with E-state index >= 15 is 0 Å². The Kier molecular flexibility index (Phi) is 3.64. The number of carbonyl (C=O) groups excluding carboxylic acids is 1. The largest absolute Gasteiger partial charge is 0.377 e. The summed E-state index contributed by atoms with van der Waals surface area (Å²) in [5, 5.41) is 3.11. The van der Waals surface area contributed by atoms with Gasteiger partial charge in [-0.25, -0.2) is 0 Å². The Balaban J connectivity index is 2.07. The third-order valence-electron chi connectivity index (χ3n) is 2.69. The molecule has 4 nitrogen and oxygen atoms in total. The summed E-state index contributed by atoms with van der Waals surface area (Å²) in [6, 6.07) is 7.84. The molecule has 0 aliphatic carbocycles. The lowest BCUT2D eigenvalue weighted by atomic mass is 10.2. The molecule has 1 heterocycles. The quantitative estimate of drug-likeness (QED) is 0.864. The summed E-state index contributed by atoms with van der Waals surface area (Å²) in [5.74, 6) is 0.0936. The molecule has 92 valence electrons. The van der Waals surface area contributed by atoms with E-state index in [4.69, 9.17) is 4.74 Å². The third-order valence-corrected chi connectivity index (χ3v) is 2.69. The molecular formula is C13H18N2O2. The van der Waals surface area contributed by atoms with E-state index in [-0.39, 0.29) is 12.0 Å². The Morgan fingerprint density at radius 2 is 2.18 bits per heavy atom. The first kappa shape index (κ1) is 11.9. The molecule has 0 bridgehead atoms. The van der Waals surface area contributed by atoms with Crippen LogP contribution in [-0.4, -0.2) is 31.7 Å². The second-order valence-corrected chi connectivity index (χ2v) is 4.34. The highest BCUT2D eigenvalue weighted by molar-refractivity contribution is 6.02. The van der Waals surface area contributed by atoms with Gasteiger partial charge in [-0.3, -0.25) is 4.79 Å². The van der Waals surface area contributed by atoms with Crippen LogP contribution in [0.2, 0.25) is 0 Å². The van der Waals surface area contributed by atoms with Crippen LogP contribution in [0, 0.1) is 0 Å². The van der Waals surface area contributed by atoms with Crippen molar-refractivity contribution in [1.82, 2.24) is 0 Å². The van der Waals surface area contributed by atoms with Crippen molar-refractivity contribution in [3.8, 4) is 0 Å². The van der Waals surface area contributed by atoms with Gasteiger partial charge in [0, 0.05) is 6.54 Å². The summed E-state index contributed by atoms with van der Waals surface area (Å²) < 4.78 is 5.49. The Bertz CT molecular complexity index is 404. The monoisotopic (exact) mass is 234 g/mol. The van der Waals surface area contributed by atoms with Gasteiger partial charge >= 0.3 is 0 Å². The van der Waals surface area contributed by atoms with E-state index < -0.39 is 0 Å². The lowest BCUT2D eigenvalue weighted by molar-refractivity contribution is -0.117. The average Bonchev–Trinajstić information content (AvgIpc) is 2.32. The maximum absolute atomic E-state index is 11.8. The van der Waals surface area contributed by atoms with Gasteiger partial charge in [-0.2, -0.15) is 0 Å². The highest BCUT2D eigenvalue weighted by Gasteiger charge is 2.22. The Hall–Kier alpha value is -1.55. The standard InChI is InChI=1S/C13H18N2O2/c1-10(2)17-8-7-15-12-6-4-3-5-11(12)14-9-13(15)16/h3-6,10,14H,7-9H2,1-2H3. The number of ether oxygens (including phenoxy) is 1. The molecule has 1 aliphatic rings. The van der Waals surface area contributed by atoms with Crippen molar-refractivity contribution in [2.75, 3.05) is 29.9 Å². The van der Waals surface area contributed by atoms with Gasteiger partial charge in [0.05, 0.1) is 30.6 Å². The fraction of sp³-hybridized carbons (Fsp3) is 0.462. The summed E-state index contributed by atoms with van der Waals surface area (Å²) in [5.41, 5.74) is 1.95. The van der Waals surface area contributed by atoms with Gasteiger partial charge in [-0.15, -0.1) is 0 Å². The summed E-state index contributed by atoms with van der Waals surface area (Å²) in [6.45, 7) is 5.52. The smallest absolute Gasteiger partial charge is 0.246 e. The van der Waals surface area contributed by atoms with Crippen molar-refractivity contribution in [1.29, 1.82) is 0 Å². The third kappa shape index (κ3) is 2.77. The van der Waals surface area contributed by atoms with Crippen molar-refractivity contribution in [2.24, 2.45) is 0 Å². The first-order chi connectivity index (χ1) is 8.18. The fourth-order valence-electron chi connectivity index (χ4n) is 1.88. The number of nitrogens with one attached hydrogen (secondary N) is 1. The van der Waals surface area contributed by atoms with E-state index in [1.54, 1.807) is 4.90 Å². The van der Waals surface area contributed by atoms with Crippen molar-refractivity contribution < 1.29 is 9.53 Å². The van der Waals surface area contributed by atoms with Gasteiger partial charge in [0.25, 0.3) is 0 Å². The van der Waals surface area contributed by atoms with Crippen LogP contribution in [-0.2, 0) is 9.53 Å². The van der Waals surface area contributed by atoms with Crippen LogP contribution in [0.1, 0.15) is 13.8 Å². The van der Waals surface area contributed by atoms with Crippen LogP contribution in [0.4, 0.5) is 11.4 Å². The molecule has 0 fully saturated rings. The Labute approximate surface area is 102 Å². The van der Waals surface area contributed by atoms with Crippen molar-refractivity contribution in [3.63, 3.8) is 0 Å². The van der Waals surface area contributed by atoms with Crippen molar-refractivity contribution in [3.05, 3.63) is 24.3 Å². The van der Waals surface area contributed by atoms with Gasteiger partial charge in [0.1, 0.15) is 0 Å². The summed E-state index contributed by atoms with van der Waals surface area (Å²) in [6.07, 6.45) is 0.197. The highest BCUT2D eigenvalue weighted by atomic mass is 16.5. The summed E-state index contributed by atoms with van der Waals surface area (Å²) in [7, 11) is 0. The van der Waals surface area contributed by atoms with E-state index in [0.29, 0.717) is 19.7 Å². The summed E-state index contributed by atoms with van der Waals surface area (Å²) in [4.78, 5) is 13.6. The molecule has 2 rings (SSSR count). The number of benzene rings is 1. The molecule has 0 spiro atoms. The first-order valence-corrected chi connectivity index (χ1v) is 5.93. The van der Waals surface area contributed by atoms with E-state index in [1.807, 2.05) is 38.1 Å². The van der Waals surface area contributed by atoms with Crippen LogP contribution in [0.15, 0.2) is 24.3 Å². The number of fused-ring (bicyclic) bond motifs is 1. The second-order valence-electron chi connectivity index (χ2n) is 4.34. The van der Waals surface area contributed by atoms with Crippen LogP contribution in [0.25, 0.3) is 0 Å². The molecule has 0 radical (unpaired) electrons. The van der Waals surface area contributed by atoms with Crippen LogP contribution < -0.4 is 10.2 Å². The van der Waals surface area contributed by atoms with Gasteiger partial charge in [-0.1, -0.05) is 12.1 Å². The number of amides is 1. The molecule has 0 aromatic heterocycles. The molecule has 0 unspecified atom stereocenters. The molecule has 1 aliphatic heterocycles. The Morgan fingerprint density at radius 1 is 1.41 bits per heavy atom. The normalized spacial score (nSPS) is 14.8. The molecule has 1 N–H and O–H groups in total. The van der Waals surface area contributed by atoms with Gasteiger partial charge < -0.3 is 15.0 Å². The fourth-order valence-corrected chi connectivity index (χ4v) is 1.88. The number of rotatable bonds is 4. The number of nitrogens with zero attached hydrogens (tertiary/aromatic N) is 1. The molecule has 0 atom stereocenters. The average molecular weight is 234 g/mol. The van der Waals surface area contributed by atoms with Crippen molar-refractivity contribution in [2.45, 2.75) is 20.0 Å². The topological polar surface area (TPSA) is 41.6 Å². The number of hydrogen-bond acceptors (Lipinski definition) is 3. The minimum Gasteiger partial charge on any atom is -0.377 e. The van der Waals surface area contributed by atoms with Gasteiger partial charge in [0.2, 0.25) is 5.91 Å². The molecule has 4 heteroatoms. The predicted molar refractivity (Wildman–Crippen MR) is 68.4 cm³/mol. The molecule has 1 aromatic carbocycles. The zero-order valence-corrected chi connectivity index (χ0v) is 10.3. The first-order valence-electron chi connectivity index (χ1n) is 5.93. The molecule has 1 amide bonds. The minimum atomic E-state index is 0.0936. The summed E-state index contributed by atoms with van der Waals surface area (Å²) >= 11 is 0. The van der Waals surface area contributed by atoms with E-state index in [1.165, 1.54) is 0 Å². The lowest BCUT2D eigenvalue weighted by Crippen LogP contribution is -2.41. The Morgan fingerprint density at radius 3 is 2.94 bits per heavy atom. The van der Waals surface area contributed by atoms with Gasteiger partial charge in [0.15, 0.2) is 0 Å². The molecule has 17 heavy (non-hydrogen) atoms. The van der Waals surface area contributed by atoms with Crippen LogP contribution >= 0.6 is 0 Å². The van der Waals surface area contributed by atoms with Crippen LogP contribution in [0.5, 0.6) is 0 Å². The van der Waals surface area contributed by atoms with E-state index in [9.17, 15) is 4.79 Å². The molecular weight excluding hydrogens is 216 g/mol.